The summed E-state index contributed by atoms with van der Waals surface area (Å²) in [5.41, 5.74) is 0.277. The van der Waals surface area contributed by atoms with Gasteiger partial charge in [-0.15, -0.1) is 0 Å². The highest BCUT2D eigenvalue weighted by atomic mass is 35.5. The maximum Gasteiger partial charge on any atom is 0.257 e. The molecule has 1 saturated carbocycles. The molecule has 1 aromatic rings. The van der Waals surface area contributed by atoms with E-state index >= 15 is 0 Å². The van der Waals surface area contributed by atoms with Crippen molar-refractivity contribution in [1.82, 2.24) is 4.90 Å². The van der Waals surface area contributed by atoms with Crippen molar-refractivity contribution in [3.05, 3.63) is 28.8 Å². The third-order valence-corrected chi connectivity index (χ3v) is 3.53. The van der Waals surface area contributed by atoms with Crippen LogP contribution in [0.15, 0.2) is 18.2 Å². The first kappa shape index (κ1) is 12.2. The first-order valence-corrected chi connectivity index (χ1v) is 6.19. The van der Waals surface area contributed by atoms with Crippen molar-refractivity contribution in [1.29, 1.82) is 0 Å². The van der Waals surface area contributed by atoms with Gasteiger partial charge >= 0.3 is 0 Å². The lowest BCUT2D eigenvalue weighted by Gasteiger charge is -2.30. The zero-order chi connectivity index (χ0) is 12.4. The molecule has 1 aliphatic carbocycles. The van der Waals surface area contributed by atoms with Crippen molar-refractivity contribution in [2.24, 2.45) is 5.92 Å². The molecule has 1 fully saturated rings. The van der Waals surface area contributed by atoms with Crippen LogP contribution in [0.3, 0.4) is 0 Å². The quantitative estimate of drug-likeness (QED) is 0.900. The highest BCUT2D eigenvalue weighted by Gasteiger charge is 2.23. The number of carbonyl (C=O) groups is 1. The summed E-state index contributed by atoms with van der Waals surface area (Å²) in [5, 5.41) is 10.1. The fourth-order valence-electron chi connectivity index (χ4n) is 2.03. The lowest BCUT2D eigenvalue weighted by Crippen LogP contribution is -2.34. The molecule has 92 valence electrons. The number of carbonyl (C=O) groups excluding carboxylic acids is 1. The second-order valence-electron chi connectivity index (χ2n) is 4.64. The van der Waals surface area contributed by atoms with Gasteiger partial charge in [-0.2, -0.15) is 0 Å². The van der Waals surface area contributed by atoms with E-state index in [1.165, 1.54) is 31.4 Å². The van der Waals surface area contributed by atoms with E-state index in [1.54, 1.807) is 18.0 Å². The number of rotatable bonds is 3. The third kappa shape index (κ3) is 2.72. The predicted octanol–water partition coefficient (Wildman–Crippen LogP) is 2.92. The molecule has 0 aliphatic heterocycles. The Labute approximate surface area is 106 Å². The van der Waals surface area contributed by atoms with Crippen LogP contribution in [-0.2, 0) is 0 Å². The number of hydrogen-bond acceptors (Lipinski definition) is 2. The highest BCUT2D eigenvalue weighted by molar-refractivity contribution is 6.31. The van der Waals surface area contributed by atoms with Crippen molar-refractivity contribution in [3.8, 4) is 5.75 Å². The van der Waals surface area contributed by atoms with Crippen LogP contribution in [0.25, 0.3) is 0 Å². The first-order valence-electron chi connectivity index (χ1n) is 5.82. The van der Waals surface area contributed by atoms with Crippen LogP contribution in [0.2, 0.25) is 5.02 Å². The van der Waals surface area contributed by atoms with Crippen LogP contribution in [0.5, 0.6) is 5.75 Å². The molecule has 0 bridgehead atoms. The standard InChI is InChI=1S/C13H16ClNO2/c1-15(8-9-3-2-4-9)13(17)11-7-10(14)5-6-12(11)16/h5-7,9,16H,2-4,8H2,1H3. The minimum Gasteiger partial charge on any atom is -0.507 e. The summed E-state index contributed by atoms with van der Waals surface area (Å²) in [6.07, 6.45) is 3.65. The Kier molecular flexibility index (Phi) is 3.57. The number of amides is 1. The molecule has 0 aromatic heterocycles. The summed E-state index contributed by atoms with van der Waals surface area (Å²) in [4.78, 5) is 13.8. The Hall–Kier alpha value is -1.22. The Morgan fingerprint density at radius 2 is 2.24 bits per heavy atom. The average molecular weight is 254 g/mol. The van der Waals surface area contributed by atoms with Gasteiger partial charge in [0.15, 0.2) is 0 Å². The number of hydrogen-bond donors (Lipinski definition) is 1. The molecule has 1 amide bonds. The van der Waals surface area contributed by atoms with Gasteiger partial charge in [-0.1, -0.05) is 18.0 Å². The summed E-state index contributed by atoms with van der Waals surface area (Å²) in [5.74, 6) is 0.432. The lowest BCUT2D eigenvalue weighted by atomic mass is 9.85. The molecule has 0 heterocycles. The zero-order valence-corrected chi connectivity index (χ0v) is 10.6. The third-order valence-electron chi connectivity index (χ3n) is 3.29. The van der Waals surface area contributed by atoms with Crippen molar-refractivity contribution >= 4 is 17.5 Å². The molecule has 1 aromatic carbocycles. The number of phenols is 1. The maximum atomic E-state index is 12.1. The minimum atomic E-state index is -0.170. The van der Waals surface area contributed by atoms with Crippen LogP contribution in [-0.4, -0.2) is 29.5 Å². The van der Waals surface area contributed by atoms with Gasteiger partial charge in [0, 0.05) is 18.6 Å². The molecule has 3 nitrogen and oxygen atoms in total. The molecular weight excluding hydrogens is 238 g/mol. The van der Waals surface area contributed by atoms with Crippen LogP contribution >= 0.6 is 11.6 Å². The van der Waals surface area contributed by atoms with Gasteiger partial charge in [0.2, 0.25) is 0 Å². The number of aromatic hydroxyl groups is 1. The summed E-state index contributed by atoms with van der Waals surface area (Å²) in [6.45, 7) is 0.755. The molecule has 4 heteroatoms. The molecule has 2 rings (SSSR count). The Morgan fingerprint density at radius 1 is 1.53 bits per heavy atom. The number of benzene rings is 1. The van der Waals surface area contributed by atoms with Gasteiger partial charge in [0.1, 0.15) is 5.75 Å². The molecule has 0 radical (unpaired) electrons. The molecule has 0 unspecified atom stereocenters. The van der Waals surface area contributed by atoms with E-state index in [2.05, 4.69) is 0 Å². The lowest BCUT2D eigenvalue weighted by molar-refractivity contribution is 0.0742. The van der Waals surface area contributed by atoms with Crippen LogP contribution in [0.1, 0.15) is 29.6 Å². The monoisotopic (exact) mass is 253 g/mol. The van der Waals surface area contributed by atoms with Crippen molar-refractivity contribution in [2.75, 3.05) is 13.6 Å². The normalized spacial score (nSPS) is 15.4. The maximum absolute atomic E-state index is 12.1. The Morgan fingerprint density at radius 3 is 2.82 bits per heavy atom. The van der Waals surface area contributed by atoms with E-state index in [9.17, 15) is 9.90 Å². The van der Waals surface area contributed by atoms with Crippen molar-refractivity contribution in [3.63, 3.8) is 0 Å². The molecular formula is C13H16ClNO2. The first-order chi connectivity index (χ1) is 8.08. The van der Waals surface area contributed by atoms with Gasteiger partial charge in [-0.3, -0.25) is 4.79 Å². The second kappa shape index (κ2) is 4.96. The SMILES string of the molecule is CN(CC1CCC1)C(=O)c1cc(Cl)ccc1O. The smallest absolute Gasteiger partial charge is 0.257 e. The molecule has 0 spiro atoms. The summed E-state index contributed by atoms with van der Waals surface area (Å²) >= 11 is 5.83. The van der Waals surface area contributed by atoms with Gasteiger partial charge in [-0.05, 0) is 37.0 Å². The van der Waals surface area contributed by atoms with Gasteiger partial charge in [-0.25, -0.2) is 0 Å². The highest BCUT2D eigenvalue weighted by Crippen LogP contribution is 2.28. The molecule has 0 saturated heterocycles. The Bertz CT molecular complexity index is 429. The molecule has 17 heavy (non-hydrogen) atoms. The Balaban J connectivity index is 2.09. The predicted molar refractivity (Wildman–Crippen MR) is 67.4 cm³/mol. The van der Waals surface area contributed by atoms with Crippen LogP contribution in [0.4, 0.5) is 0 Å². The summed E-state index contributed by atoms with van der Waals surface area (Å²) in [7, 11) is 1.76. The average Bonchev–Trinajstić information content (AvgIpc) is 2.25. The van der Waals surface area contributed by atoms with Gasteiger partial charge in [0.25, 0.3) is 5.91 Å². The molecule has 1 aliphatic rings. The number of phenolic OH excluding ortho intramolecular Hbond substituents is 1. The van der Waals surface area contributed by atoms with Gasteiger partial charge in [0.05, 0.1) is 5.56 Å². The van der Waals surface area contributed by atoms with Gasteiger partial charge < -0.3 is 10.0 Å². The fraction of sp³-hybridized carbons (Fsp3) is 0.462. The largest absolute Gasteiger partial charge is 0.507 e. The minimum absolute atomic E-state index is 0.0140. The topological polar surface area (TPSA) is 40.5 Å². The second-order valence-corrected chi connectivity index (χ2v) is 5.08. The molecule has 0 atom stereocenters. The number of halogens is 1. The van der Waals surface area contributed by atoms with Crippen LogP contribution in [0, 0.1) is 5.92 Å². The zero-order valence-electron chi connectivity index (χ0n) is 9.82. The summed E-state index contributed by atoms with van der Waals surface area (Å²) < 4.78 is 0. The van der Waals surface area contributed by atoms with E-state index in [4.69, 9.17) is 11.6 Å². The molecule has 1 N–H and O–H groups in total. The fourth-order valence-corrected chi connectivity index (χ4v) is 2.20. The van der Waals surface area contributed by atoms with Crippen LogP contribution < -0.4 is 0 Å². The van der Waals surface area contributed by atoms with E-state index in [0.29, 0.717) is 10.9 Å². The van der Waals surface area contributed by atoms with E-state index in [0.717, 1.165) is 6.54 Å². The van der Waals surface area contributed by atoms with E-state index in [1.807, 2.05) is 0 Å². The van der Waals surface area contributed by atoms with Crippen molar-refractivity contribution in [2.45, 2.75) is 19.3 Å². The summed E-state index contributed by atoms with van der Waals surface area (Å²) in [6, 6.07) is 4.53. The van der Waals surface area contributed by atoms with E-state index in [-0.39, 0.29) is 17.2 Å². The van der Waals surface area contributed by atoms with Crippen molar-refractivity contribution < 1.29 is 9.90 Å². The number of nitrogens with zero attached hydrogens (tertiary/aromatic N) is 1. The van der Waals surface area contributed by atoms with E-state index < -0.39 is 0 Å².